The molecule has 0 bridgehead atoms. The Labute approximate surface area is 148 Å². The first-order valence-electron chi connectivity index (χ1n) is 8.53. The third-order valence-corrected chi connectivity index (χ3v) is 4.60. The van der Waals surface area contributed by atoms with Crippen molar-refractivity contribution in [3.05, 3.63) is 76.4 Å². The number of amides is 1. The van der Waals surface area contributed by atoms with Crippen LogP contribution in [0.25, 0.3) is 5.57 Å². The molecular weight excluding hydrogens is 310 g/mol. The van der Waals surface area contributed by atoms with E-state index < -0.39 is 5.91 Å². The summed E-state index contributed by atoms with van der Waals surface area (Å²) in [4.78, 5) is 15.9. The van der Waals surface area contributed by atoms with Gasteiger partial charge >= 0.3 is 0 Å². The number of allylic oxidation sites excluding steroid dienone is 1. The fourth-order valence-corrected chi connectivity index (χ4v) is 3.43. The van der Waals surface area contributed by atoms with Gasteiger partial charge in [0.15, 0.2) is 5.96 Å². The Hall–Kier alpha value is -2.88. The lowest BCUT2D eigenvalue weighted by molar-refractivity contribution is 0.100. The standard InChI is InChI=1S/C21H23N3O/c1-13(2)17-11-10-14-8-9-16(20(25)24-21(22)23)12-18(14)19(17)15-6-4-3-5-7-15/h3-9,12-13H,10-11H2,1-2H3,(H4,22,23,24,25). The average molecular weight is 333 g/mol. The molecule has 4 heteroatoms. The van der Waals surface area contributed by atoms with E-state index in [2.05, 4.69) is 31.0 Å². The van der Waals surface area contributed by atoms with Gasteiger partial charge in [-0.2, -0.15) is 4.99 Å². The van der Waals surface area contributed by atoms with Gasteiger partial charge in [0, 0.05) is 5.56 Å². The van der Waals surface area contributed by atoms with E-state index in [9.17, 15) is 4.79 Å². The van der Waals surface area contributed by atoms with Gasteiger partial charge in [0.25, 0.3) is 5.91 Å². The van der Waals surface area contributed by atoms with Crippen LogP contribution in [0.1, 0.15) is 47.3 Å². The van der Waals surface area contributed by atoms with Crippen molar-refractivity contribution in [1.82, 2.24) is 0 Å². The second-order valence-electron chi connectivity index (χ2n) is 6.63. The van der Waals surface area contributed by atoms with Crippen molar-refractivity contribution in [1.29, 1.82) is 0 Å². The highest BCUT2D eigenvalue weighted by Gasteiger charge is 2.23. The van der Waals surface area contributed by atoms with Crippen molar-refractivity contribution in [2.24, 2.45) is 22.4 Å². The maximum atomic E-state index is 12.2. The molecule has 0 fully saturated rings. The molecule has 0 saturated heterocycles. The highest BCUT2D eigenvalue weighted by Crippen LogP contribution is 2.39. The van der Waals surface area contributed by atoms with Crippen LogP contribution in [0.2, 0.25) is 0 Å². The number of carbonyl (C=O) groups excluding carboxylic acids is 1. The molecule has 0 aromatic heterocycles. The van der Waals surface area contributed by atoms with Gasteiger partial charge in [-0.25, -0.2) is 0 Å². The quantitative estimate of drug-likeness (QED) is 0.666. The van der Waals surface area contributed by atoms with Crippen LogP contribution in [0.5, 0.6) is 0 Å². The van der Waals surface area contributed by atoms with Crippen molar-refractivity contribution in [3.8, 4) is 0 Å². The number of hydrogen-bond donors (Lipinski definition) is 2. The Morgan fingerprint density at radius 3 is 2.40 bits per heavy atom. The third-order valence-electron chi connectivity index (χ3n) is 4.60. The number of fused-ring (bicyclic) bond motifs is 1. The van der Waals surface area contributed by atoms with Crippen LogP contribution in [-0.2, 0) is 6.42 Å². The lowest BCUT2D eigenvalue weighted by Gasteiger charge is -2.26. The minimum absolute atomic E-state index is 0.218. The smallest absolute Gasteiger partial charge is 0.280 e. The molecule has 3 rings (SSSR count). The minimum atomic E-state index is -0.410. The summed E-state index contributed by atoms with van der Waals surface area (Å²) in [5.41, 5.74) is 17.4. The Morgan fingerprint density at radius 2 is 1.76 bits per heavy atom. The van der Waals surface area contributed by atoms with E-state index in [4.69, 9.17) is 11.5 Å². The van der Waals surface area contributed by atoms with Crippen molar-refractivity contribution >= 4 is 17.4 Å². The van der Waals surface area contributed by atoms with E-state index in [1.807, 2.05) is 30.3 Å². The Kier molecular flexibility index (Phi) is 4.70. The van der Waals surface area contributed by atoms with Gasteiger partial charge in [0.2, 0.25) is 0 Å². The number of benzene rings is 2. The number of nitrogens with two attached hydrogens (primary N) is 2. The topological polar surface area (TPSA) is 81.5 Å². The van der Waals surface area contributed by atoms with E-state index >= 15 is 0 Å². The number of aryl methyl sites for hydroxylation is 1. The summed E-state index contributed by atoms with van der Waals surface area (Å²) in [7, 11) is 0. The second kappa shape index (κ2) is 6.93. The van der Waals surface area contributed by atoms with Gasteiger partial charge in [-0.15, -0.1) is 0 Å². The molecule has 0 saturated carbocycles. The van der Waals surface area contributed by atoms with E-state index in [1.54, 1.807) is 6.07 Å². The van der Waals surface area contributed by atoms with E-state index in [1.165, 1.54) is 22.3 Å². The number of rotatable bonds is 3. The van der Waals surface area contributed by atoms with Crippen LogP contribution in [0.15, 0.2) is 59.1 Å². The van der Waals surface area contributed by atoms with E-state index in [0.29, 0.717) is 11.5 Å². The summed E-state index contributed by atoms with van der Waals surface area (Å²) in [6.07, 6.45) is 2.02. The third kappa shape index (κ3) is 3.48. The molecule has 0 aliphatic heterocycles. The number of carbonyl (C=O) groups is 1. The summed E-state index contributed by atoms with van der Waals surface area (Å²) in [5.74, 6) is -0.184. The van der Waals surface area contributed by atoms with Gasteiger partial charge in [0.05, 0.1) is 0 Å². The zero-order valence-electron chi connectivity index (χ0n) is 14.6. The predicted molar refractivity (Wildman–Crippen MR) is 102 cm³/mol. The minimum Gasteiger partial charge on any atom is -0.370 e. The molecule has 4 nitrogen and oxygen atoms in total. The van der Waals surface area contributed by atoms with Crippen molar-refractivity contribution < 1.29 is 4.79 Å². The van der Waals surface area contributed by atoms with Crippen molar-refractivity contribution in [3.63, 3.8) is 0 Å². The molecule has 0 spiro atoms. The second-order valence-corrected chi connectivity index (χ2v) is 6.63. The van der Waals surface area contributed by atoms with Gasteiger partial charge in [-0.05, 0) is 53.2 Å². The molecule has 4 N–H and O–H groups in total. The van der Waals surface area contributed by atoms with E-state index in [-0.39, 0.29) is 5.96 Å². The van der Waals surface area contributed by atoms with Crippen LogP contribution in [0.3, 0.4) is 0 Å². The van der Waals surface area contributed by atoms with E-state index in [0.717, 1.165) is 18.4 Å². The highest BCUT2D eigenvalue weighted by molar-refractivity contribution is 6.03. The molecule has 1 amide bonds. The van der Waals surface area contributed by atoms with Crippen LogP contribution in [0, 0.1) is 5.92 Å². The van der Waals surface area contributed by atoms with Crippen molar-refractivity contribution in [2.75, 3.05) is 0 Å². The van der Waals surface area contributed by atoms with Crippen LogP contribution in [-0.4, -0.2) is 11.9 Å². The Balaban J connectivity index is 2.19. The first-order valence-corrected chi connectivity index (χ1v) is 8.53. The summed E-state index contributed by atoms with van der Waals surface area (Å²) < 4.78 is 0. The molecule has 128 valence electrons. The molecule has 25 heavy (non-hydrogen) atoms. The summed E-state index contributed by atoms with van der Waals surface area (Å²) >= 11 is 0. The molecule has 2 aromatic rings. The fourth-order valence-electron chi connectivity index (χ4n) is 3.43. The first kappa shape index (κ1) is 17.0. The first-order chi connectivity index (χ1) is 12.0. The maximum Gasteiger partial charge on any atom is 0.280 e. The SMILES string of the molecule is CC(C)C1=C(c2ccccc2)c2cc(C(=O)N=C(N)N)ccc2CC1. The zero-order valence-corrected chi connectivity index (χ0v) is 14.6. The maximum absolute atomic E-state index is 12.2. The van der Waals surface area contributed by atoms with Gasteiger partial charge in [-0.3, -0.25) is 4.79 Å². The molecular formula is C21H23N3O. The zero-order chi connectivity index (χ0) is 18.0. The highest BCUT2D eigenvalue weighted by atomic mass is 16.1. The fraction of sp³-hybridized carbons (Fsp3) is 0.238. The number of guanidine groups is 1. The predicted octanol–water partition coefficient (Wildman–Crippen LogP) is 3.50. The largest absolute Gasteiger partial charge is 0.370 e. The average Bonchev–Trinajstić information content (AvgIpc) is 2.60. The van der Waals surface area contributed by atoms with Crippen molar-refractivity contribution in [2.45, 2.75) is 26.7 Å². The van der Waals surface area contributed by atoms with Crippen LogP contribution < -0.4 is 11.5 Å². The Morgan fingerprint density at radius 1 is 1.04 bits per heavy atom. The Bertz CT molecular complexity index is 860. The van der Waals surface area contributed by atoms with Gasteiger partial charge in [-0.1, -0.05) is 55.8 Å². The number of nitrogens with zero attached hydrogens (tertiary/aromatic N) is 1. The molecule has 1 aliphatic rings. The van der Waals surface area contributed by atoms with Crippen LogP contribution >= 0.6 is 0 Å². The summed E-state index contributed by atoms with van der Waals surface area (Å²) in [5, 5.41) is 0. The summed E-state index contributed by atoms with van der Waals surface area (Å²) in [6, 6.07) is 16.1. The molecule has 0 radical (unpaired) electrons. The molecule has 0 unspecified atom stereocenters. The molecule has 0 heterocycles. The van der Waals surface area contributed by atoms with Gasteiger partial charge < -0.3 is 11.5 Å². The summed E-state index contributed by atoms with van der Waals surface area (Å²) in [6.45, 7) is 4.44. The molecule has 0 atom stereocenters. The van der Waals surface area contributed by atoms with Gasteiger partial charge in [0.1, 0.15) is 0 Å². The lowest BCUT2D eigenvalue weighted by atomic mass is 9.78. The lowest BCUT2D eigenvalue weighted by Crippen LogP contribution is -2.24. The monoisotopic (exact) mass is 333 g/mol. The number of aliphatic imine (C=N–C) groups is 1. The normalized spacial score (nSPS) is 13.6. The van der Waals surface area contributed by atoms with Crippen LogP contribution in [0.4, 0.5) is 0 Å². The molecule has 1 aliphatic carbocycles. The number of hydrogen-bond acceptors (Lipinski definition) is 1. The molecule has 2 aromatic carbocycles.